The molecule has 0 heterocycles. The van der Waals surface area contributed by atoms with E-state index in [4.69, 9.17) is 9.47 Å². The van der Waals surface area contributed by atoms with E-state index in [2.05, 4.69) is 13.8 Å². The normalized spacial score (nSPS) is 12.0. The number of esters is 1. The van der Waals surface area contributed by atoms with E-state index < -0.39 is 0 Å². The van der Waals surface area contributed by atoms with E-state index in [1.54, 1.807) is 11.8 Å². The van der Waals surface area contributed by atoms with Gasteiger partial charge in [-0.05, 0) is 43.0 Å². The van der Waals surface area contributed by atoms with Gasteiger partial charge in [-0.1, -0.05) is 26.8 Å². The van der Waals surface area contributed by atoms with Gasteiger partial charge in [-0.3, -0.25) is 9.59 Å². The van der Waals surface area contributed by atoms with Crippen molar-refractivity contribution in [2.75, 3.05) is 26.8 Å². The molecule has 5 heteroatoms. The Kier molecular flexibility index (Phi) is 7.75. The topological polar surface area (TPSA) is 55.8 Å². The average molecular weight is 335 g/mol. The minimum Gasteiger partial charge on any atom is -0.484 e. The molecule has 1 amide bonds. The summed E-state index contributed by atoms with van der Waals surface area (Å²) in [6.45, 7) is 10.8. The summed E-state index contributed by atoms with van der Waals surface area (Å²) in [4.78, 5) is 25.4. The molecule has 0 aliphatic carbocycles. The fourth-order valence-electron chi connectivity index (χ4n) is 2.64. The first kappa shape index (κ1) is 20.0. The van der Waals surface area contributed by atoms with E-state index in [1.807, 2.05) is 32.0 Å². The van der Waals surface area contributed by atoms with Gasteiger partial charge in [0.05, 0.1) is 13.0 Å². The fourth-order valence-corrected chi connectivity index (χ4v) is 2.64. The Morgan fingerprint density at radius 1 is 1.21 bits per heavy atom. The van der Waals surface area contributed by atoms with Crippen molar-refractivity contribution in [3.63, 3.8) is 0 Å². The molecule has 1 unspecified atom stereocenters. The third-order valence-corrected chi connectivity index (χ3v) is 4.06. The molecule has 1 aromatic rings. The van der Waals surface area contributed by atoms with Crippen LogP contribution in [0.3, 0.4) is 0 Å². The van der Waals surface area contributed by atoms with E-state index >= 15 is 0 Å². The number of ether oxygens (including phenoxy) is 2. The zero-order valence-electron chi connectivity index (χ0n) is 15.6. The van der Waals surface area contributed by atoms with Crippen LogP contribution in [0.1, 0.15) is 44.7 Å². The molecule has 0 aliphatic heterocycles. The predicted molar refractivity (Wildman–Crippen MR) is 94.2 cm³/mol. The van der Waals surface area contributed by atoms with Crippen molar-refractivity contribution in [2.24, 2.45) is 5.92 Å². The summed E-state index contributed by atoms with van der Waals surface area (Å²) in [6, 6.07) is 5.88. The molecule has 0 fully saturated rings. The Morgan fingerprint density at radius 2 is 1.88 bits per heavy atom. The summed E-state index contributed by atoms with van der Waals surface area (Å²) >= 11 is 0. The largest absolute Gasteiger partial charge is 0.484 e. The maximum absolute atomic E-state index is 12.3. The van der Waals surface area contributed by atoms with Crippen molar-refractivity contribution < 1.29 is 19.1 Å². The Labute approximate surface area is 144 Å². The third kappa shape index (κ3) is 5.55. The molecule has 134 valence electrons. The maximum Gasteiger partial charge on any atom is 0.310 e. The number of aryl methyl sites for hydroxylation is 1. The number of likely N-dealkylation sites (N-methyl/N-ethyl adjacent to an activating group) is 1. The Morgan fingerprint density at radius 3 is 2.38 bits per heavy atom. The lowest BCUT2D eigenvalue weighted by Crippen LogP contribution is -2.39. The lowest BCUT2D eigenvalue weighted by atomic mass is 9.98. The molecule has 0 saturated heterocycles. The molecule has 0 aliphatic rings. The van der Waals surface area contributed by atoms with Crippen molar-refractivity contribution in [1.82, 2.24) is 4.90 Å². The van der Waals surface area contributed by atoms with Crippen molar-refractivity contribution >= 4 is 11.9 Å². The number of carbonyl (C=O) groups excluding carboxylic acids is 2. The number of amides is 1. The highest BCUT2D eigenvalue weighted by atomic mass is 16.5. The molecule has 0 spiro atoms. The predicted octanol–water partition coefficient (Wildman–Crippen LogP) is 3.15. The van der Waals surface area contributed by atoms with Crippen LogP contribution in [-0.2, 0) is 14.3 Å². The molecule has 1 aromatic carbocycles. The van der Waals surface area contributed by atoms with Crippen LogP contribution in [0.2, 0.25) is 0 Å². The van der Waals surface area contributed by atoms with Crippen molar-refractivity contribution in [2.45, 2.75) is 40.5 Å². The zero-order chi connectivity index (χ0) is 18.3. The number of nitrogens with zero attached hydrogens (tertiary/aromatic N) is 1. The van der Waals surface area contributed by atoms with Gasteiger partial charge in [0.25, 0.3) is 5.91 Å². The Bertz CT molecular complexity index is 568. The molecule has 24 heavy (non-hydrogen) atoms. The molecule has 0 saturated carbocycles. The van der Waals surface area contributed by atoms with Gasteiger partial charge in [-0.2, -0.15) is 0 Å². The van der Waals surface area contributed by atoms with Gasteiger partial charge in [0, 0.05) is 13.1 Å². The van der Waals surface area contributed by atoms with E-state index in [0.29, 0.717) is 24.8 Å². The number of benzene rings is 1. The van der Waals surface area contributed by atoms with Crippen LogP contribution in [0.5, 0.6) is 5.75 Å². The summed E-state index contributed by atoms with van der Waals surface area (Å²) in [6.07, 6.45) is 0. The van der Waals surface area contributed by atoms with Crippen molar-refractivity contribution in [1.29, 1.82) is 0 Å². The van der Waals surface area contributed by atoms with Gasteiger partial charge < -0.3 is 14.4 Å². The van der Waals surface area contributed by atoms with E-state index in [-0.39, 0.29) is 24.4 Å². The minimum atomic E-state index is -0.355. The van der Waals surface area contributed by atoms with Crippen molar-refractivity contribution in [3.8, 4) is 5.75 Å². The van der Waals surface area contributed by atoms with Crippen LogP contribution >= 0.6 is 0 Å². The van der Waals surface area contributed by atoms with Crippen LogP contribution in [0.4, 0.5) is 0 Å². The molecule has 5 nitrogen and oxygen atoms in total. The third-order valence-electron chi connectivity index (χ3n) is 4.06. The second-order valence-electron chi connectivity index (χ2n) is 6.32. The first-order valence-corrected chi connectivity index (χ1v) is 8.39. The molecule has 1 atom stereocenters. The molecule has 0 N–H and O–H groups in total. The number of hydrogen-bond acceptors (Lipinski definition) is 4. The lowest BCUT2D eigenvalue weighted by Gasteiger charge is -2.23. The van der Waals surface area contributed by atoms with Crippen molar-refractivity contribution in [3.05, 3.63) is 29.3 Å². The van der Waals surface area contributed by atoms with E-state index in [9.17, 15) is 9.59 Å². The Balaban J connectivity index is 2.63. The molecule has 0 aromatic heterocycles. The number of rotatable bonds is 8. The van der Waals surface area contributed by atoms with Gasteiger partial charge in [0.15, 0.2) is 6.61 Å². The van der Waals surface area contributed by atoms with E-state index in [0.717, 1.165) is 5.56 Å². The second kappa shape index (κ2) is 9.30. The highest BCUT2D eigenvalue weighted by molar-refractivity contribution is 5.79. The number of carbonyl (C=O) groups is 2. The van der Waals surface area contributed by atoms with Gasteiger partial charge in [0.2, 0.25) is 0 Å². The summed E-state index contributed by atoms with van der Waals surface area (Å²) < 4.78 is 10.3. The average Bonchev–Trinajstić information content (AvgIpc) is 2.56. The quantitative estimate of drug-likeness (QED) is 0.685. The van der Waals surface area contributed by atoms with Gasteiger partial charge in [0.1, 0.15) is 5.75 Å². The lowest BCUT2D eigenvalue weighted by molar-refractivity contribution is -0.146. The Hall–Kier alpha value is -2.04. The fraction of sp³-hybridized carbons (Fsp3) is 0.579. The maximum atomic E-state index is 12.3. The van der Waals surface area contributed by atoms with Crippen LogP contribution in [0.25, 0.3) is 0 Å². The number of hydrogen-bond donors (Lipinski definition) is 0. The first-order chi connectivity index (χ1) is 11.3. The summed E-state index contributed by atoms with van der Waals surface area (Å²) in [5.74, 6) is 0.325. The molecule has 0 bridgehead atoms. The van der Waals surface area contributed by atoms with Crippen LogP contribution in [0.15, 0.2) is 18.2 Å². The second-order valence-corrected chi connectivity index (χ2v) is 6.32. The highest BCUT2D eigenvalue weighted by Crippen LogP contribution is 2.23. The SMILES string of the molecule is CCN(CC(C)C(=O)OC)C(=O)COc1ccc(C(C)C)c(C)c1. The standard InChI is InChI=1S/C19H29NO4/c1-7-20(11-15(5)19(22)23-6)18(21)12-24-16-8-9-17(13(2)3)14(4)10-16/h8-10,13,15H,7,11-12H2,1-6H3. The highest BCUT2D eigenvalue weighted by Gasteiger charge is 2.20. The zero-order valence-corrected chi connectivity index (χ0v) is 15.6. The number of methoxy groups -OCH3 is 1. The molecule has 0 radical (unpaired) electrons. The minimum absolute atomic E-state index is 0.0395. The molecular weight excluding hydrogens is 306 g/mol. The molecule has 1 rings (SSSR count). The van der Waals surface area contributed by atoms with Gasteiger partial charge in [-0.15, -0.1) is 0 Å². The van der Waals surface area contributed by atoms with Crippen LogP contribution < -0.4 is 4.74 Å². The van der Waals surface area contributed by atoms with E-state index in [1.165, 1.54) is 12.7 Å². The van der Waals surface area contributed by atoms with Gasteiger partial charge in [-0.25, -0.2) is 0 Å². The monoisotopic (exact) mass is 335 g/mol. The van der Waals surface area contributed by atoms with Crippen LogP contribution in [0, 0.1) is 12.8 Å². The molecular formula is C19H29NO4. The summed E-state index contributed by atoms with van der Waals surface area (Å²) in [5.41, 5.74) is 2.43. The summed E-state index contributed by atoms with van der Waals surface area (Å²) in [7, 11) is 1.35. The smallest absolute Gasteiger partial charge is 0.310 e. The first-order valence-electron chi connectivity index (χ1n) is 8.39. The van der Waals surface area contributed by atoms with Crippen LogP contribution in [-0.4, -0.2) is 43.6 Å². The van der Waals surface area contributed by atoms with Gasteiger partial charge >= 0.3 is 5.97 Å². The summed E-state index contributed by atoms with van der Waals surface area (Å²) in [5, 5.41) is 0.